The molecule has 24 heavy (non-hydrogen) atoms. The van der Waals surface area contributed by atoms with Gasteiger partial charge in [-0.15, -0.1) is 0 Å². The van der Waals surface area contributed by atoms with Crippen LogP contribution in [0.2, 0.25) is 0 Å². The highest BCUT2D eigenvalue weighted by molar-refractivity contribution is 7.89. The molecule has 0 fully saturated rings. The number of benzene rings is 1. The lowest BCUT2D eigenvalue weighted by Gasteiger charge is -2.28. The van der Waals surface area contributed by atoms with Gasteiger partial charge in [-0.3, -0.25) is 0 Å². The Balaban J connectivity index is 1.64. The minimum Gasteiger partial charge on any atom is -0.374 e. The maximum atomic E-state index is 12.8. The number of hydrogen-bond acceptors (Lipinski definition) is 5. The number of anilines is 1. The zero-order valence-corrected chi connectivity index (χ0v) is 14.5. The van der Waals surface area contributed by atoms with Crippen LogP contribution >= 0.6 is 0 Å². The molecule has 0 unspecified atom stereocenters. The van der Waals surface area contributed by atoms with Crippen molar-refractivity contribution in [2.45, 2.75) is 43.2 Å². The van der Waals surface area contributed by atoms with Crippen LogP contribution in [0.3, 0.4) is 0 Å². The molecular weight excluding hydrogens is 326 g/mol. The molecule has 0 aliphatic carbocycles. The van der Waals surface area contributed by atoms with Crippen molar-refractivity contribution in [1.82, 2.24) is 19.5 Å². The van der Waals surface area contributed by atoms with Gasteiger partial charge in [0.15, 0.2) is 0 Å². The van der Waals surface area contributed by atoms with E-state index in [4.69, 9.17) is 0 Å². The molecule has 128 valence electrons. The molecule has 0 bridgehead atoms. The molecular formula is C16H21N5O2S. The van der Waals surface area contributed by atoms with Gasteiger partial charge in [0.25, 0.3) is 0 Å². The highest BCUT2D eigenvalue weighted by Gasteiger charge is 2.28. The van der Waals surface area contributed by atoms with Gasteiger partial charge >= 0.3 is 0 Å². The largest absolute Gasteiger partial charge is 0.374 e. The van der Waals surface area contributed by atoms with Gasteiger partial charge in [-0.1, -0.05) is 6.07 Å². The molecule has 0 saturated heterocycles. The van der Waals surface area contributed by atoms with Crippen molar-refractivity contribution in [2.75, 3.05) is 18.5 Å². The lowest BCUT2D eigenvalue weighted by Crippen LogP contribution is -2.33. The Hall–Kier alpha value is -1.93. The van der Waals surface area contributed by atoms with E-state index in [-0.39, 0.29) is 6.04 Å². The van der Waals surface area contributed by atoms with E-state index in [2.05, 4.69) is 19.7 Å². The van der Waals surface area contributed by atoms with E-state index in [0.29, 0.717) is 10.7 Å². The summed E-state index contributed by atoms with van der Waals surface area (Å²) >= 11 is 0. The van der Waals surface area contributed by atoms with Crippen LogP contribution in [0.15, 0.2) is 29.4 Å². The fourth-order valence-electron chi connectivity index (χ4n) is 3.56. The SMILES string of the molecule is CN1CCCc2ccc(S(=O)(=O)N[C@H]3CCCn4ncnc43)cc21. The molecule has 0 saturated carbocycles. The monoisotopic (exact) mass is 347 g/mol. The van der Waals surface area contributed by atoms with Crippen molar-refractivity contribution >= 4 is 15.7 Å². The zero-order valence-electron chi connectivity index (χ0n) is 13.6. The molecule has 2 aromatic rings. The first-order valence-corrected chi connectivity index (χ1v) is 9.77. The maximum absolute atomic E-state index is 12.8. The average molecular weight is 347 g/mol. The summed E-state index contributed by atoms with van der Waals surface area (Å²) in [6, 6.07) is 5.10. The number of sulfonamides is 1. The number of nitrogens with one attached hydrogen (secondary N) is 1. The second-order valence-corrected chi connectivity index (χ2v) is 8.19. The van der Waals surface area contributed by atoms with Crippen LogP contribution < -0.4 is 9.62 Å². The summed E-state index contributed by atoms with van der Waals surface area (Å²) in [5, 5.41) is 4.14. The van der Waals surface area contributed by atoms with Crippen LogP contribution in [0.4, 0.5) is 5.69 Å². The third-order valence-electron chi connectivity index (χ3n) is 4.84. The van der Waals surface area contributed by atoms with Gasteiger partial charge in [-0.05, 0) is 43.4 Å². The van der Waals surface area contributed by atoms with Gasteiger partial charge in [0.2, 0.25) is 10.0 Å². The Bertz CT molecular complexity index is 861. The Kier molecular flexibility index (Phi) is 3.80. The lowest BCUT2D eigenvalue weighted by molar-refractivity contribution is 0.400. The fourth-order valence-corrected chi connectivity index (χ4v) is 4.81. The van der Waals surface area contributed by atoms with E-state index in [1.165, 1.54) is 11.9 Å². The maximum Gasteiger partial charge on any atom is 0.241 e. The summed E-state index contributed by atoms with van der Waals surface area (Å²) in [5.41, 5.74) is 2.22. The average Bonchev–Trinajstić information content (AvgIpc) is 3.04. The van der Waals surface area contributed by atoms with Gasteiger partial charge in [0.1, 0.15) is 12.2 Å². The first-order chi connectivity index (χ1) is 11.5. The molecule has 8 heteroatoms. The molecule has 2 aliphatic heterocycles. The van der Waals surface area contributed by atoms with Gasteiger partial charge < -0.3 is 4.90 Å². The summed E-state index contributed by atoms with van der Waals surface area (Å²) in [4.78, 5) is 6.65. The first-order valence-electron chi connectivity index (χ1n) is 8.29. The van der Waals surface area contributed by atoms with E-state index < -0.39 is 10.0 Å². The molecule has 7 nitrogen and oxygen atoms in total. The minimum absolute atomic E-state index is 0.312. The van der Waals surface area contributed by atoms with Crippen LogP contribution in [-0.4, -0.2) is 36.8 Å². The standard InChI is InChI=1S/C16H21N5O2S/c1-20-8-2-4-12-6-7-13(10-15(12)20)24(22,23)19-14-5-3-9-21-16(14)17-11-18-21/h6-7,10-11,14,19H,2-5,8-9H2,1H3/t14-/m0/s1. The van der Waals surface area contributed by atoms with Crippen LogP contribution in [0.1, 0.15) is 36.7 Å². The quantitative estimate of drug-likeness (QED) is 0.909. The molecule has 1 N–H and O–H groups in total. The zero-order chi connectivity index (χ0) is 16.7. The smallest absolute Gasteiger partial charge is 0.241 e. The predicted molar refractivity (Wildman–Crippen MR) is 90.4 cm³/mol. The number of nitrogens with zero attached hydrogens (tertiary/aromatic N) is 4. The van der Waals surface area contributed by atoms with Crippen LogP contribution in [0.5, 0.6) is 0 Å². The number of hydrogen-bond donors (Lipinski definition) is 1. The first kappa shape index (κ1) is 15.6. The highest BCUT2D eigenvalue weighted by Crippen LogP contribution is 2.30. The molecule has 1 atom stereocenters. The Morgan fingerprint density at radius 3 is 3.00 bits per heavy atom. The van der Waals surface area contributed by atoms with Crippen molar-refractivity contribution in [2.24, 2.45) is 0 Å². The normalized spacial score (nSPS) is 20.5. The van der Waals surface area contributed by atoms with Gasteiger partial charge in [0, 0.05) is 25.8 Å². The second kappa shape index (κ2) is 5.86. The van der Waals surface area contributed by atoms with Crippen LogP contribution in [0, 0.1) is 0 Å². The third-order valence-corrected chi connectivity index (χ3v) is 6.30. The van der Waals surface area contributed by atoms with E-state index in [1.54, 1.807) is 16.8 Å². The molecule has 1 aromatic heterocycles. The van der Waals surface area contributed by atoms with Gasteiger partial charge in [-0.25, -0.2) is 22.8 Å². The number of aryl methyl sites for hydroxylation is 2. The van der Waals surface area contributed by atoms with Crippen molar-refractivity contribution in [1.29, 1.82) is 0 Å². The van der Waals surface area contributed by atoms with E-state index >= 15 is 0 Å². The molecule has 0 amide bonds. The van der Waals surface area contributed by atoms with Gasteiger partial charge in [-0.2, -0.15) is 5.10 Å². The Morgan fingerprint density at radius 2 is 2.12 bits per heavy atom. The molecule has 0 spiro atoms. The third kappa shape index (κ3) is 2.69. The molecule has 0 radical (unpaired) electrons. The molecule has 2 aliphatic rings. The Labute approximate surface area is 141 Å². The number of fused-ring (bicyclic) bond motifs is 2. The van der Waals surface area contributed by atoms with Crippen molar-refractivity contribution in [3.8, 4) is 0 Å². The summed E-state index contributed by atoms with van der Waals surface area (Å²) in [6.07, 6.45) is 5.21. The summed E-state index contributed by atoms with van der Waals surface area (Å²) in [7, 11) is -1.59. The second-order valence-electron chi connectivity index (χ2n) is 6.47. The van der Waals surface area contributed by atoms with Crippen LogP contribution in [-0.2, 0) is 23.0 Å². The molecule has 4 rings (SSSR count). The van der Waals surface area contributed by atoms with E-state index in [9.17, 15) is 8.42 Å². The van der Waals surface area contributed by atoms with Crippen LogP contribution in [0.25, 0.3) is 0 Å². The topological polar surface area (TPSA) is 80.1 Å². The predicted octanol–water partition coefficient (Wildman–Crippen LogP) is 1.47. The van der Waals surface area contributed by atoms with Gasteiger partial charge in [0.05, 0.1) is 10.9 Å². The van der Waals surface area contributed by atoms with E-state index in [0.717, 1.165) is 44.5 Å². The lowest BCUT2D eigenvalue weighted by atomic mass is 10.0. The van der Waals surface area contributed by atoms with Crippen molar-refractivity contribution in [3.63, 3.8) is 0 Å². The van der Waals surface area contributed by atoms with Crippen molar-refractivity contribution < 1.29 is 8.42 Å². The fraction of sp³-hybridized carbons (Fsp3) is 0.500. The molecule has 1 aromatic carbocycles. The Morgan fingerprint density at radius 1 is 1.25 bits per heavy atom. The highest BCUT2D eigenvalue weighted by atomic mass is 32.2. The van der Waals surface area contributed by atoms with E-state index in [1.807, 2.05) is 13.1 Å². The van der Waals surface area contributed by atoms with Crippen molar-refractivity contribution in [3.05, 3.63) is 35.9 Å². The number of rotatable bonds is 3. The summed E-state index contributed by atoms with van der Waals surface area (Å²) in [5.74, 6) is 0.694. The summed E-state index contributed by atoms with van der Waals surface area (Å²) < 4.78 is 30.3. The molecule has 3 heterocycles. The summed E-state index contributed by atoms with van der Waals surface area (Å²) in [6.45, 7) is 1.74. The number of aromatic nitrogens is 3. The minimum atomic E-state index is -3.60.